The molecule has 92 valence electrons. The summed E-state index contributed by atoms with van der Waals surface area (Å²) < 4.78 is 0. The van der Waals surface area contributed by atoms with Crippen LogP contribution < -0.4 is 0 Å². The molecule has 0 aliphatic heterocycles. The summed E-state index contributed by atoms with van der Waals surface area (Å²) in [7, 11) is 2.15. The molecule has 0 saturated heterocycles. The van der Waals surface area contributed by atoms with E-state index in [1.807, 2.05) is 13.8 Å². The first-order valence-electron chi connectivity index (χ1n) is 6.23. The maximum Gasteiger partial charge on any atom is 0.129 e. The van der Waals surface area contributed by atoms with Gasteiger partial charge in [-0.3, -0.25) is 0 Å². The first-order chi connectivity index (χ1) is 7.04. The largest absolute Gasteiger partial charge is 0.304 e. The second-order valence-electron chi connectivity index (χ2n) is 4.09. The van der Waals surface area contributed by atoms with Crippen molar-refractivity contribution in [2.75, 3.05) is 13.6 Å². The van der Waals surface area contributed by atoms with Crippen LogP contribution in [-0.4, -0.2) is 30.3 Å². The molecule has 0 spiro atoms. The zero-order valence-corrected chi connectivity index (χ0v) is 11.5. The second-order valence-corrected chi connectivity index (χ2v) is 4.09. The first kappa shape index (κ1) is 17.0. The molecule has 0 fully saturated rings. The average molecular weight is 215 g/mol. The molecule has 2 nitrogen and oxygen atoms in total. The lowest BCUT2D eigenvalue weighted by Gasteiger charge is -2.20. The number of ketones is 1. The minimum atomic E-state index is 0.317. The van der Waals surface area contributed by atoms with Gasteiger partial charge in [-0.1, -0.05) is 20.3 Å². The number of unbranched alkanes of at least 4 members (excludes halogenated alkanes) is 2. The zero-order chi connectivity index (χ0) is 12.3. The molecular formula is C13H29NO. The highest BCUT2D eigenvalue weighted by Crippen LogP contribution is 2.03. The van der Waals surface area contributed by atoms with Crippen molar-refractivity contribution < 1.29 is 4.79 Å². The number of carbonyl (C=O) groups excluding carboxylic acids is 1. The molecule has 0 saturated carbocycles. The maximum atomic E-state index is 10.6. The third-order valence-corrected chi connectivity index (χ3v) is 2.42. The molecule has 0 aliphatic rings. The Balaban J connectivity index is 0. The Morgan fingerprint density at radius 1 is 1.13 bits per heavy atom. The van der Waals surface area contributed by atoms with Crippen LogP contribution in [0.25, 0.3) is 0 Å². The molecule has 0 unspecified atom stereocenters. The third kappa shape index (κ3) is 13.6. The van der Waals surface area contributed by atoms with Crippen LogP contribution in [0, 0.1) is 0 Å². The molecule has 0 heterocycles. The van der Waals surface area contributed by atoms with Gasteiger partial charge in [0.1, 0.15) is 5.78 Å². The van der Waals surface area contributed by atoms with Crippen LogP contribution in [0.1, 0.15) is 60.3 Å². The van der Waals surface area contributed by atoms with Crippen LogP contribution in [0.4, 0.5) is 0 Å². The molecule has 0 rings (SSSR count). The fourth-order valence-corrected chi connectivity index (χ4v) is 1.17. The van der Waals surface area contributed by atoms with Gasteiger partial charge in [0.05, 0.1) is 0 Å². The minimum absolute atomic E-state index is 0.317. The van der Waals surface area contributed by atoms with Crippen LogP contribution in [-0.2, 0) is 4.79 Å². The fourth-order valence-electron chi connectivity index (χ4n) is 1.17. The van der Waals surface area contributed by atoms with Crippen molar-refractivity contribution in [3.8, 4) is 0 Å². The highest BCUT2D eigenvalue weighted by atomic mass is 16.1. The number of hydrogen-bond donors (Lipinski definition) is 0. The molecule has 15 heavy (non-hydrogen) atoms. The van der Waals surface area contributed by atoms with E-state index < -0.39 is 0 Å². The molecule has 0 aliphatic carbocycles. The van der Waals surface area contributed by atoms with Gasteiger partial charge in [-0.2, -0.15) is 0 Å². The summed E-state index contributed by atoms with van der Waals surface area (Å²) in [6.07, 6.45) is 4.20. The molecule has 0 atom stereocenters. The van der Waals surface area contributed by atoms with Crippen LogP contribution in [0.15, 0.2) is 0 Å². The van der Waals surface area contributed by atoms with E-state index >= 15 is 0 Å². The van der Waals surface area contributed by atoms with Crippen molar-refractivity contribution in [3.05, 3.63) is 0 Å². The quantitative estimate of drug-likeness (QED) is 0.606. The maximum absolute atomic E-state index is 10.6. The molecule has 0 bridgehead atoms. The summed E-state index contributed by atoms with van der Waals surface area (Å²) in [5, 5.41) is 0. The molecule has 0 amide bonds. The summed E-state index contributed by atoms with van der Waals surface area (Å²) in [5.41, 5.74) is 0. The van der Waals surface area contributed by atoms with Crippen LogP contribution in [0.3, 0.4) is 0 Å². The van der Waals surface area contributed by atoms with Gasteiger partial charge in [0.25, 0.3) is 0 Å². The molecule has 2 heteroatoms. The van der Waals surface area contributed by atoms with Crippen LogP contribution >= 0.6 is 0 Å². The Kier molecular flexibility index (Phi) is 13.3. The number of hydrogen-bond acceptors (Lipinski definition) is 2. The van der Waals surface area contributed by atoms with Gasteiger partial charge < -0.3 is 9.69 Å². The van der Waals surface area contributed by atoms with E-state index in [9.17, 15) is 4.79 Å². The van der Waals surface area contributed by atoms with E-state index in [4.69, 9.17) is 0 Å². The molecule has 0 N–H and O–H groups in total. The van der Waals surface area contributed by atoms with Crippen molar-refractivity contribution in [1.29, 1.82) is 0 Å². The SMILES string of the molecule is CC.CC(=O)CCCCCN(C)C(C)C. The number of Topliss-reactive ketones (excluding diaryl/α,β-unsaturated/α-hetero) is 1. The molecule has 0 aromatic carbocycles. The Morgan fingerprint density at radius 2 is 1.67 bits per heavy atom. The molecule has 0 radical (unpaired) electrons. The Labute approximate surface area is 96.0 Å². The fraction of sp³-hybridized carbons (Fsp3) is 0.923. The second kappa shape index (κ2) is 11.7. The van der Waals surface area contributed by atoms with E-state index in [1.54, 1.807) is 6.92 Å². The van der Waals surface area contributed by atoms with Crippen molar-refractivity contribution in [2.24, 2.45) is 0 Å². The highest BCUT2D eigenvalue weighted by Gasteiger charge is 2.01. The van der Waals surface area contributed by atoms with Gasteiger partial charge in [-0.05, 0) is 47.2 Å². The predicted molar refractivity (Wildman–Crippen MR) is 68.3 cm³/mol. The van der Waals surface area contributed by atoms with Crippen molar-refractivity contribution in [1.82, 2.24) is 4.90 Å². The normalized spacial score (nSPS) is 10.1. The summed E-state index contributed by atoms with van der Waals surface area (Å²) >= 11 is 0. The van der Waals surface area contributed by atoms with Crippen molar-refractivity contribution in [2.45, 2.75) is 66.3 Å². The number of rotatable bonds is 7. The van der Waals surface area contributed by atoms with E-state index in [0.29, 0.717) is 11.8 Å². The third-order valence-electron chi connectivity index (χ3n) is 2.42. The smallest absolute Gasteiger partial charge is 0.129 e. The Hall–Kier alpha value is -0.370. The molecular weight excluding hydrogens is 186 g/mol. The van der Waals surface area contributed by atoms with Crippen LogP contribution in [0.5, 0.6) is 0 Å². The first-order valence-corrected chi connectivity index (χ1v) is 6.23. The Bertz CT molecular complexity index is 143. The van der Waals surface area contributed by atoms with E-state index in [-0.39, 0.29) is 0 Å². The summed E-state index contributed by atoms with van der Waals surface area (Å²) in [5.74, 6) is 0.317. The molecule has 0 aromatic rings. The standard InChI is InChI=1S/C11H23NO.C2H6/c1-10(2)12(4)9-7-5-6-8-11(3)13;1-2/h10H,5-9H2,1-4H3;1-2H3. The topological polar surface area (TPSA) is 20.3 Å². The lowest BCUT2D eigenvalue weighted by Crippen LogP contribution is -2.27. The lowest BCUT2D eigenvalue weighted by atomic mass is 10.1. The highest BCUT2D eigenvalue weighted by molar-refractivity contribution is 5.75. The van der Waals surface area contributed by atoms with Gasteiger partial charge in [0, 0.05) is 12.5 Å². The predicted octanol–water partition coefficient (Wildman–Crippen LogP) is 3.50. The van der Waals surface area contributed by atoms with E-state index in [1.165, 1.54) is 12.8 Å². The number of carbonyl (C=O) groups is 1. The number of nitrogens with zero attached hydrogens (tertiary/aromatic N) is 1. The van der Waals surface area contributed by atoms with E-state index in [2.05, 4.69) is 25.8 Å². The van der Waals surface area contributed by atoms with Gasteiger partial charge in [-0.25, -0.2) is 0 Å². The van der Waals surface area contributed by atoms with E-state index in [0.717, 1.165) is 19.4 Å². The van der Waals surface area contributed by atoms with Crippen molar-refractivity contribution in [3.63, 3.8) is 0 Å². The Morgan fingerprint density at radius 3 is 2.07 bits per heavy atom. The summed E-state index contributed by atoms with van der Waals surface area (Å²) in [4.78, 5) is 13.0. The van der Waals surface area contributed by atoms with Gasteiger partial charge in [0.2, 0.25) is 0 Å². The lowest BCUT2D eigenvalue weighted by molar-refractivity contribution is -0.117. The van der Waals surface area contributed by atoms with Gasteiger partial charge in [-0.15, -0.1) is 0 Å². The summed E-state index contributed by atoms with van der Waals surface area (Å²) in [6, 6.07) is 0.632. The minimum Gasteiger partial charge on any atom is -0.304 e. The zero-order valence-electron chi connectivity index (χ0n) is 11.5. The van der Waals surface area contributed by atoms with Crippen molar-refractivity contribution >= 4 is 5.78 Å². The van der Waals surface area contributed by atoms with Gasteiger partial charge in [0.15, 0.2) is 0 Å². The molecule has 0 aromatic heterocycles. The monoisotopic (exact) mass is 215 g/mol. The average Bonchev–Trinajstić information content (AvgIpc) is 2.19. The van der Waals surface area contributed by atoms with Crippen LogP contribution in [0.2, 0.25) is 0 Å². The summed E-state index contributed by atoms with van der Waals surface area (Å²) in [6.45, 7) is 11.2. The van der Waals surface area contributed by atoms with Gasteiger partial charge >= 0.3 is 0 Å².